The highest BCUT2D eigenvalue weighted by molar-refractivity contribution is 5.92. The molecule has 0 unspecified atom stereocenters. The fourth-order valence-electron chi connectivity index (χ4n) is 3.38. The molecule has 6 heteroatoms. The van der Waals surface area contributed by atoms with Crippen LogP contribution in [-0.2, 0) is 22.6 Å². The Labute approximate surface area is 173 Å². The van der Waals surface area contributed by atoms with Crippen LogP contribution in [0.3, 0.4) is 0 Å². The van der Waals surface area contributed by atoms with Crippen LogP contribution < -0.4 is 10.1 Å². The van der Waals surface area contributed by atoms with Crippen molar-refractivity contribution in [1.82, 2.24) is 9.80 Å². The Morgan fingerprint density at radius 3 is 2.38 bits per heavy atom. The van der Waals surface area contributed by atoms with Crippen LogP contribution in [0.15, 0.2) is 48.5 Å². The Hall–Kier alpha value is -2.41. The molecule has 1 fully saturated rings. The second-order valence-corrected chi connectivity index (χ2v) is 7.38. The summed E-state index contributed by atoms with van der Waals surface area (Å²) in [6.07, 6.45) is 0. The molecule has 1 N–H and O–H groups in total. The third-order valence-electron chi connectivity index (χ3n) is 4.85. The quantitative estimate of drug-likeness (QED) is 0.705. The van der Waals surface area contributed by atoms with Crippen molar-refractivity contribution in [2.24, 2.45) is 0 Å². The number of hydrogen-bond donors (Lipinski definition) is 1. The standard InChI is InChI=1S/C23H31N3O3/c1-3-29-22-10-6-19(7-11-22)16-25(2)18-23(27)24-21-8-4-20(5-9-21)17-26-12-14-28-15-13-26/h4-11H,3,12-18H2,1-2H3,(H,24,27). The number of morpholine rings is 1. The predicted octanol–water partition coefficient (Wildman–Crippen LogP) is 2.99. The lowest BCUT2D eigenvalue weighted by molar-refractivity contribution is -0.117. The molecule has 3 rings (SSSR count). The second-order valence-electron chi connectivity index (χ2n) is 7.38. The molecule has 0 saturated carbocycles. The van der Waals surface area contributed by atoms with E-state index in [1.807, 2.05) is 55.3 Å². The molecular weight excluding hydrogens is 366 g/mol. The highest BCUT2D eigenvalue weighted by Crippen LogP contribution is 2.14. The maximum absolute atomic E-state index is 12.4. The monoisotopic (exact) mass is 397 g/mol. The van der Waals surface area contributed by atoms with E-state index in [-0.39, 0.29) is 5.91 Å². The van der Waals surface area contributed by atoms with E-state index in [2.05, 4.69) is 22.3 Å². The summed E-state index contributed by atoms with van der Waals surface area (Å²) in [5.41, 5.74) is 3.23. The number of carbonyl (C=O) groups is 1. The van der Waals surface area contributed by atoms with Crippen LogP contribution in [-0.4, -0.2) is 62.2 Å². The largest absolute Gasteiger partial charge is 0.494 e. The Kier molecular flexibility index (Phi) is 8.04. The van der Waals surface area contributed by atoms with E-state index in [0.29, 0.717) is 19.7 Å². The summed E-state index contributed by atoms with van der Waals surface area (Å²) < 4.78 is 10.8. The molecule has 1 aliphatic heterocycles. The lowest BCUT2D eigenvalue weighted by Gasteiger charge is -2.26. The van der Waals surface area contributed by atoms with Gasteiger partial charge in [-0.15, -0.1) is 0 Å². The molecule has 0 bridgehead atoms. The third kappa shape index (κ3) is 7.16. The molecule has 29 heavy (non-hydrogen) atoms. The van der Waals surface area contributed by atoms with Crippen molar-refractivity contribution in [3.63, 3.8) is 0 Å². The Bertz CT molecular complexity index is 756. The fourth-order valence-corrected chi connectivity index (χ4v) is 3.38. The molecule has 156 valence electrons. The molecule has 1 aliphatic rings. The first-order valence-corrected chi connectivity index (χ1v) is 10.2. The summed E-state index contributed by atoms with van der Waals surface area (Å²) in [6, 6.07) is 16.1. The first-order valence-electron chi connectivity index (χ1n) is 10.2. The zero-order valence-corrected chi connectivity index (χ0v) is 17.4. The average molecular weight is 398 g/mol. The van der Waals surface area contributed by atoms with Gasteiger partial charge in [0.1, 0.15) is 5.75 Å². The van der Waals surface area contributed by atoms with Gasteiger partial charge < -0.3 is 14.8 Å². The van der Waals surface area contributed by atoms with E-state index in [1.165, 1.54) is 5.56 Å². The van der Waals surface area contributed by atoms with E-state index in [0.717, 1.165) is 49.8 Å². The maximum atomic E-state index is 12.4. The highest BCUT2D eigenvalue weighted by Gasteiger charge is 2.11. The molecule has 0 aromatic heterocycles. The van der Waals surface area contributed by atoms with Crippen molar-refractivity contribution in [1.29, 1.82) is 0 Å². The number of ether oxygens (including phenoxy) is 2. The van der Waals surface area contributed by atoms with Gasteiger partial charge in [-0.1, -0.05) is 24.3 Å². The van der Waals surface area contributed by atoms with Crippen molar-refractivity contribution in [2.45, 2.75) is 20.0 Å². The molecule has 0 atom stereocenters. The van der Waals surface area contributed by atoms with Crippen LogP contribution >= 0.6 is 0 Å². The van der Waals surface area contributed by atoms with E-state index in [4.69, 9.17) is 9.47 Å². The van der Waals surface area contributed by atoms with Gasteiger partial charge in [-0.25, -0.2) is 0 Å². The Morgan fingerprint density at radius 1 is 1.07 bits per heavy atom. The van der Waals surface area contributed by atoms with Crippen LogP contribution in [0.5, 0.6) is 5.75 Å². The van der Waals surface area contributed by atoms with Gasteiger partial charge in [0.15, 0.2) is 0 Å². The normalized spacial score (nSPS) is 14.7. The summed E-state index contributed by atoms with van der Waals surface area (Å²) >= 11 is 0. The van der Waals surface area contributed by atoms with Gasteiger partial charge in [0.25, 0.3) is 0 Å². The van der Waals surface area contributed by atoms with Gasteiger partial charge in [-0.3, -0.25) is 14.6 Å². The second kappa shape index (κ2) is 11.0. The molecule has 0 radical (unpaired) electrons. The summed E-state index contributed by atoms with van der Waals surface area (Å²) in [7, 11) is 1.95. The van der Waals surface area contributed by atoms with Gasteiger partial charge in [0, 0.05) is 31.9 Å². The third-order valence-corrected chi connectivity index (χ3v) is 4.85. The van der Waals surface area contributed by atoms with Crippen LogP contribution in [0.1, 0.15) is 18.1 Å². The van der Waals surface area contributed by atoms with Gasteiger partial charge >= 0.3 is 0 Å². The number of hydrogen-bond acceptors (Lipinski definition) is 5. The maximum Gasteiger partial charge on any atom is 0.238 e. The van der Waals surface area contributed by atoms with E-state index >= 15 is 0 Å². The van der Waals surface area contributed by atoms with Crippen LogP contribution in [0.25, 0.3) is 0 Å². The number of rotatable bonds is 9. The summed E-state index contributed by atoms with van der Waals surface area (Å²) in [4.78, 5) is 16.7. The SMILES string of the molecule is CCOc1ccc(CN(C)CC(=O)Nc2ccc(CN3CCOCC3)cc2)cc1. The fraction of sp³-hybridized carbons (Fsp3) is 0.435. The van der Waals surface area contributed by atoms with Gasteiger partial charge in [0.05, 0.1) is 26.4 Å². The molecule has 2 aromatic carbocycles. The molecule has 2 aromatic rings. The smallest absolute Gasteiger partial charge is 0.238 e. The molecule has 6 nitrogen and oxygen atoms in total. The van der Waals surface area contributed by atoms with Crippen molar-refractivity contribution in [3.05, 3.63) is 59.7 Å². The van der Waals surface area contributed by atoms with Gasteiger partial charge in [-0.05, 0) is 49.4 Å². The molecule has 1 heterocycles. The minimum Gasteiger partial charge on any atom is -0.494 e. The number of anilines is 1. The number of nitrogens with zero attached hydrogens (tertiary/aromatic N) is 2. The zero-order valence-electron chi connectivity index (χ0n) is 17.4. The molecule has 1 amide bonds. The molecule has 0 spiro atoms. The van der Waals surface area contributed by atoms with Crippen molar-refractivity contribution in [3.8, 4) is 5.75 Å². The summed E-state index contributed by atoms with van der Waals surface area (Å²) in [5.74, 6) is 0.855. The minimum atomic E-state index is -0.0145. The first-order chi connectivity index (χ1) is 14.1. The number of amides is 1. The Morgan fingerprint density at radius 2 is 1.72 bits per heavy atom. The molecule has 0 aliphatic carbocycles. The summed E-state index contributed by atoms with van der Waals surface area (Å²) in [5, 5.41) is 2.98. The number of likely N-dealkylation sites (N-methyl/N-ethyl adjacent to an activating group) is 1. The topological polar surface area (TPSA) is 54.0 Å². The van der Waals surface area contributed by atoms with Crippen molar-refractivity contribution >= 4 is 11.6 Å². The number of nitrogens with one attached hydrogen (secondary N) is 1. The Balaban J connectivity index is 1.43. The number of benzene rings is 2. The predicted molar refractivity (Wildman–Crippen MR) is 115 cm³/mol. The van der Waals surface area contributed by atoms with E-state index < -0.39 is 0 Å². The highest BCUT2D eigenvalue weighted by atomic mass is 16.5. The minimum absolute atomic E-state index is 0.0145. The molecule has 1 saturated heterocycles. The number of carbonyl (C=O) groups excluding carboxylic acids is 1. The first kappa shape index (κ1) is 21.3. The van der Waals surface area contributed by atoms with Crippen molar-refractivity contribution < 1.29 is 14.3 Å². The molecular formula is C23H31N3O3. The van der Waals surface area contributed by atoms with Crippen LogP contribution in [0.2, 0.25) is 0 Å². The van der Waals surface area contributed by atoms with E-state index in [9.17, 15) is 4.79 Å². The van der Waals surface area contributed by atoms with E-state index in [1.54, 1.807) is 0 Å². The van der Waals surface area contributed by atoms with Gasteiger partial charge in [0.2, 0.25) is 5.91 Å². The van der Waals surface area contributed by atoms with Gasteiger partial charge in [-0.2, -0.15) is 0 Å². The zero-order chi connectivity index (χ0) is 20.5. The summed E-state index contributed by atoms with van der Waals surface area (Å²) in [6.45, 7) is 8.14. The lowest BCUT2D eigenvalue weighted by Crippen LogP contribution is -2.35. The lowest BCUT2D eigenvalue weighted by atomic mass is 10.2. The van der Waals surface area contributed by atoms with Crippen LogP contribution in [0.4, 0.5) is 5.69 Å². The van der Waals surface area contributed by atoms with Crippen molar-refractivity contribution in [2.75, 3.05) is 51.8 Å². The van der Waals surface area contributed by atoms with Crippen LogP contribution in [0, 0.1) is 0 Å². The average Bonchev–Trinajstić information content (AvgIpc) is 2.72.